The highest BCUT2D eigenvalue weighted by molar-refractivity contribution is 7.89. The zero-order valence-electron chi connectivity index (χ0n) is 24.3. The summed E-state index contributed by atoms with van der Waals surface area (Å²) in [5.41, 5.74) is -0.650. The molecule has 10 heteroatoms. The van der Waals surface area contributed by atoms with Crippen molar-refractivity contribution in [2.75, 3.05) is 23.8 Å². The van der Waals surface area contributed by atoms with Crippen LogP contribution >= 0.6 is 0 Å². The van der Waals surface area contributed by atoms with Crippen LogP contribution in [0.1, 0.15) is 94.2 Å². The Balaban J connectivity index is 2.21. The Morgan fingerprint density at radius 2 is 1.82 bits per heavy atom. The van der Waals surface area contributed by atoms with E-state index >= 15 is 4.39 Å². The predicted molar refractivity (Wildman–Crippen MR) is 155 cm³/mol. The highest BCUT2D eigenvalue weighted by atomic mass is 32.2. The van der Waals surface area contributed by atoms with Crippen LogP contribution in [0.2, 0.25) is 0 Å². The molecule has 0 saturated heterocycles. The third-order valence-electron chi connectivity index (χ3n) is 6.37. The second-order valence-electron chi connectivity index (χ2n) is 10.8. The van der Waals surface area contributed by atoms with Crippen LogP contribution in [0.5, 0.6) is 11.5 Å². The Labute approximate surface area is 239 Å². The van der Waals surface area contributed by atoms with Gasteiger partial charge in [-0.05, 0) is 59.1 Å². The fraction of sp³-hybridized carbons (Fsp3) is 0.533. The van der Waals surface area contributed by atoms with Crippen LogP contribution in [-0.2, 0) is 16.1 Å². The summed E-state index contributed by atoms with van der Waals surface area (Å²) in [7, 11) is 0. The van der Waals surface area contributed by atoms with Gasteiger partial charge in [0, 0.05) is 29.0 Å². The quantitative estimate of drug-likeness (QED) is 0.136. The van der Waals surface area contributed by atoms with Crippen molar-refractivity contribution < 1.29 is 32.7 Å². The zero-order chi connectivity index (χ0) is 29.4. The van der Waals surface area contributed by atoms with E-state index in [-0.39, 0.29) is 41.3 Å². The Morgan fingerprint density at radius 3 is 2.45 bits per heavy atom. The lowest BCUT2D eigenvalue weighted by atomic mass is 9.90. The lowest BCUT2D eigenvalue weighted by molar-refractivity contribution is 0.0572. The van der Waals surface area contributed by atoms with Gasteiger partial charge in [0.05, 0.1) is 18.3 Å². The number of para-hydroxylation sites is 1. The van der Waals surface area contributed by atoms with Crippen molar-refractivity contribution in [3.05, 3.63) is 52.8 Å². The van der Waals surface area contributed by atoms with Gasteiger partial charge in [0.15, 0.2) is 5.75 Å². The Morgan fingerprint density at radius 1 is 1.15 bits per heavy atom. The highest BCUT2D eigenvalue weighted by Gasteiger charge is 2.41. The number of hydrogen-bond donors (Lipinski definition) is 1. The van der Waals surface area contributed by atoms with E-state index in [0.717, 1.165) is 19.3 Å². The van der Waals surface area contributed by atoms with Crippen molar-refractivity contribution in [1.29, 1.82) is 0 Å². The van der Waals surface area contributed by atoms with Gasteiger partial charge in [0.2, 0.25) is 0 Å². The molecule has 2 aromatic rings. The third-order valence-corrected chi connectivity index (χ3v) is 7.58. The number of amides is 1. The van der Waals surface area contributed by atoms with E-state index in [1.165, 1.54) is 11.8 Å². The summed E-state index contributed by atoms with van der Waals surface area (Å²) in [4.78, 5) is 28.3. The van der Waals surface area contributed by atoms with Crippen LogP contribution in [-0.4, -0.2) is 41.1 Å². The monoisotopic (exact) mass is 576 g/mol. The first-order valence-electron chi connectivity index (χ1n) is 13.9. The van der Waals surface area contributed by atoms with Crippen LogP contribution in [0.3, 0.4) is 0 Å². The number of rotatable bonds is 11. The molecule has 0 spiro atoms. The molecule has 2 aromatic carbocycles. The summed E-state index contributed by atoms with van der Waals surface area (Å²) in [6, 6.07) is 7.81. The van der Waals surface area contributed by atoms with Gasteiger partial charge >= 0.3 is 12.1 Å². The van der Waals surface area contributed by atoms with Gasteiger partial charge in [-0.1, -0.05) is 44.9 Å². The number of unbranched alkanes of at least 4 members (excludes halogenated alkanes) is 2. The SMILES string of the molecule is CCCCOc1c(C(=O)Oc2ccccc2)c(C)c(F)c2c1N(C(=O)OC(C)(C)C)CCC2N[S+]([O-])CCCC. The number of esters is 1. The summed E-state index contributed by atoms with van der Waals surface area (Å²) in [6.07, 6.45) is 2.72. The number of fused-ring (bicyclic) bond motifs is 1. The number of halogens is 1. The maximum atomic E-state index is 16.4. The minimum atomic E-state index is -1.42. The molecule has 2 atom stereocenters. The van der Waals surface area contributed by atoms with Gasteiger partial charge in [-0.2, -0.15) is 0 Å². The first-order chi connectivity index (χ1) is 19.0. The molecular formula is C30H41FN2O6S. The number of ether oxygens (including phenoxy) is 3. The molecule has 0 saturated carbocycles. The lowest BCUT2D eigenvalue weighted by Crippen LogP contribution is -2.44. The van der Waals surface area contributed by atoms with Crippen molar-refractivity contribution in [3.8, 4) is 11.5 Å². The molecule has 8 nitrogen and oxygen atoms in total. The number of carbonyl (C=O) groups excluding carboxylic acids is 2. The molecule has 0 bridgehead atoms. The molecule has 0 radical (unpaired) electrons. The van der Waals surface area contributed by atoms with E-state index in [9.17, 15) is 14.1 Å². The topological polar surface area (TPSA) is 100 Å². The summed E-state index contributed by atoms with van der Waals surface area (Å²) in [6.45, 7) is 11.1. The fourth-order valence-electron chi connectivity index (χ4n) is 4.39. The normalized spacial score (nSPS) is 15.8. The Hall–Kier alpha value is -2.82. The molecular weight excluding hydrogens is 535 g/mol. The lowest BCUT2D eigenvalue weighted by Gasteiger charge is -2.37. The highest BCUT2D eigenvalue weighted by Crippen LogP contribution is 2.47. The number of anilines is 1. The molecule has 1 aliphatic rings. The Kier molecular flexibility index (Phi) is 11.2. The molecule has 0 aromatic heterocycles. The van der Waals surface area contributed by atoms with Crippen molar-refractivity contribution >= 4 is 29.1 Å². The molecule has 40 heavy (non-hydrogen) atoms. The van der Waals surface area contributed by atoms with E-state index in [0.29, 0.717) is 24.3 Å². The average molecular weight is 577 g/mol. The van der Waals surface area contributed by atoms with Crippen molar-refractivity contribution in [1.82, 2.24) is 4.72 Å². The van der Waals surface area contributed by atoms with Crippen LogP contribution < -0.4 is 19.1 Å². The second-order valence-corrected chi connectivity index (χ2v) is 12.1. The maximum Gasteiger partial charge on any atom is 0.414 e. The number of hydrogen-bond acceptors (Lipinski definition) is 7. The standard InChI is InChI=1S/C30H41FN2O6S/c1-7-9-18-37-27-23(28(34)38-21-14-12-11-13-15-21)20(3)25(31)24-22(32-40(36)19-10-8-2)16-17-33(26(24)27)29(35)39-30(4,5)6/h11-15,22,32H,7-10,16-19H2,1-6H3. The van der Waals surface area contributed by atoms with E-state index in [4.69, 9.17) is 14.2 Å². The van der Waals surface area contributed by atoms with E-state index in [1.807, 2.05) is 13.8 Å². The minimum absolute atomic E-state index is 0.0309. The predicted octanol–water partition coefficient (Wildman–Crippen LogP) is 6.77. The molecule has 3 rings (SSSR count). The summed E-state index contributed by atoms with van der Waals surface area (Å²) >= 11 is -1.42. The molecule has 0 aliphatic carbocycles. The minimum Gasteiger partial charge on any atom is -0.598 e. The molecule has 1 aliphatic heterocycles. The molecule has 1 N–H and O–H groups in total. The molecule has 2 unspecified atom stereocenters. The van der Waals surface area contributed by atoms with Crippen LogP contribution in [0.25, 0.3) is 0 Å². The van der Waals surface area contributed by atoms with Gasteiger partial charge < -0.3 is 18.8 Å². The number of nitrogens with one attached hydrogen (secondary N) is 1. The summed E-state index contributed by atoms with van der Waals surface area (Å²) in [5, 5.41) is 0. The number of carbonyl (C=O) groups is 2. The first-order valence-corrected chi connectivity index (χ1v) is 15.2. The van der Waals surface area contributed by atoms with Crippen LogP contribution in [0.15, 0.2) is 30.3 Å². The molecule has 0 fully saturated rings. The van der Waals surface area contributed by atoms with E-state index in [1.54, 1.807) is 51.1 Å². The number of nitrogens with zero attached hydrogens (tertiary/aromatic N) is 1. The first kappa shape index (κ1) is 31.7. The molecule has 220 valence electrons. The average Bonchev–Trinajstić information content (AvgIpc) is 2.89. The smallest absolute Gasteiger partial charge is 0.414 e. The van der Waals surface area contributed by atoms with Crippen LogP contribution in [0, 0.1) is 12.7 Å². The van der Waals surface area contributed by atoms with Crippen molar-refractivity contribution in [2.45, 2.75) is 85.3 Å². The van der Waals surface area contributed by atoms with E-state index < -0.39 is 40.9 Å². The van der Waals surface area contributed by atoms with E-state index in [2.05, 4.69) is 4.72 Å². The summed E-state index contributed by atoms with van der Waals surface area (Å²) in [5.74, 6) is -0.724. The maximum absolute atomic E-state index is 16.4. The summed E-state index contributed by atoms with van der Waals surface area (Å²) < 4.78 is 49.7. The largest absolute Gasteiger partial charge is 0.598 e. The fourth-order valence-corrected chi connectivity index (χ4v) is 5.61. The van der Waals surface area contributed by atoms with Gasteiger partial charge in [-0.15, -0.1) is 4.72 Å². The molecule has 1 heterocycles. The van der Waals surface area contributed by atoms with Gasteiger partial charge in [-0.25, -0.2) is 14.0 Å². The Bertz CT molecular complexity index is 1170. The zero-order valence-corrected chi connectivity index (χ0v) is 25.1. The molecule has 1 amide bonds. The van der Waals surface area contributed by atoms with Gasteiger partial charge in [0.25, 0.3) is 0 Å². The van der Waals surface area contributed by atoms with Crippen LogP contribution in [0.4, 0.5) is 14.9 Å². The van der Waals surface area contributed by atoms with Gasteiger partial charge in [-0.3, -0.25) is 4.90 Å². The van der Waals surface area contributed by atoms with Crippen molar-refractivity contribution in [3.63, 3.8) is 0 Å². The number of benzene rings is 2. The second kappa shape index (κ2) is 14.2. The third kappa shape index (κ3) is 7.89. The van der Waals surface area contributed by atoms with Gasteiger partial charge in [0.1, 0.15) is 28.5 Å². The van der Waals surface area contributed by atoms with Crippen molar-refractivity contribution in [2.24, 2.45) is 0 Å².